The summed E-state index contributed by atoms with van der Waals surface area (Å²) in [5, 5.41) is 13.0. The van der Waals surface area contributed by atoms with Gasteiger partial charge in [-0.25, -0.2) is 4.98 Å². The van der Waals surface area contributed by atoms with E-state index < -0.39 is 0 Å². The van der Waals surface area contributed by atoms with Gasteiger partial charge in [-0.3, -0.25) is 0 Å². The normalized spacial score (nSPS) is 11.7. The number of hydrogen-bond acceptors (Lipinski definition) is 4. The number of oxime groups is 1. The van der Waals surface area contributed by atoms with Crippen molar-refractivity contribution in [3.8, 4) is 5.75 Å². The van der Waals surface area contributed by atoms with Gasteiger partial charge in [0.2, 0.25) is 0 Å². The molecule has 1 heterocycles. The van der Waals surface area contributed by atoms with Crippen LogP contribution < -0.4 is 4.74 Å². The standard InChI is InChI=1S/C12H11Cl2N3O2/c1-17-6-5-15-12(17)11(16-18)7-3-4-8(19-2)10(14)9(7)13/h3-6,18H,1-2H3/b16-11-. The minimum absolute atomic E-state index is 0.238. The van der Waals surface area contributed by atoms with Crippen LogP contribution in [0.1, 0.15) is 11.4 Å². The number of methoxy groups -OCH3 is 1. The van der Waals surface area contributed by atoms with Gasteiger partial charge in [0, 0.05) is 25.0 Å². The smallest absolute Gasteiger partial charge is 0.162 e. The summed E-state index contributed by atoms with van der Waals surface area (Å²) >= 11 is 12.3. The van der Waals surface area contributed by atoms with Crippen molar-refractivity contribution < 1.29 is 9.94 Å². The summed E-state index contributed by atoms with van der Waals surface area (Å²) in [6.45, 7) is 0. The lowest BCUT2D eigenvalue weighted by Crippen LogP contribution is -2.11. The lowest BCUT2D eigenvalue weighted by molar-refractivity contribution is 0.319. The van der Waals surface area contributed by atoms with Crippen LogP contribution in [-0.4, -0.2) is 27.6 Å². The van der Waals surface area contributed by atoms with Crippen LogP contribution in [0.5, 0.6) is 5.75 Å². The Bertz CT molecular complexity index is 638. The second-order valence-electron chi connectivity index (χ2n) is 3.75. The third-order valence-electron chi connectivity index (χ3n) is 2.65. The van der Waals surface area contributed by atoms with Crippen molar-refractivity contribution in [2.75, 3.05) is 7.11 Å². The number of rotatable bonds is 3. The number of hydrogen-bond donors (Lipinski definition) is 1. The van der Waals surface area contributed by atoms with Crippen LogP contribution in [0.15, 0.2) is 29.7 Å². The molecule has 1 N–H and O–H groups in total. The molecule has 7 heteroatoms. The minimum Gasteiger partial charge on any atom is -0.495 e. The van der Waals surface area contributed by atoms with Gasteiger partial charge in [0.05, 0.1) is 12.1 Å². The van der Waals surface area contributed by atoms with E-state index in [0.29, 0.717) is 17.1 Å². The summed E-state index contributed by atoms with van der Waals surface area (Å²) in [5.41, 5.74) is 0.714. The Kier molecular flexibility index (Phi) is 3.97. The molecule has 0 aliphatic rings. The number of halogens is 2. The van der Waals surface area contributed by atoms with Gasteiger partial charge in [-0.1, -0.05) is 28.4 Å². The Morgan fingerprint density at radius 1 is 1.37 bits per heavy atom. The van der Waals surface area contributed by atoms with Crippen LogP contribution in [-0.2, 0) is 7.05 Å². The van der Waals surface area contributed by atoms with Crippen LogP contribution >= 0.6 is 23.2 Å². The molecule has 0 saturated carbocycles. The summed E-state index contributed by atoms with van der Waals surface area (Å²) in [5.74, 6) is 0.929. The number of nitrogens with zero attached hydrogens (tertiary/aromatic N) is 3. The minimum atomic E-state index is 0.238. The summed E-state index contributed by atoms with van der Waals surface area (Å²) in [4.78, 5) is 4.12. The molecular weight excluding hydrogens is 289 g/mol. The van der Waals surface area contributed by atoms with Crippen molar-refractivity contribution in [3.05, 3.63) is 46.0 Å². The summed E-state index contributed by atoms with van der Waals surface area (Å²) < 4.78 is 6.78. The first-order valence-corrected chi connectivity index (χ1v) is 6.07. The van der Waals surface area contributed by atoms with E-state index in [9.17, 15) is 5.21 Å². The van der Waals surface area contributed by atoms with Gasteiger partial charge in [0.1, 0.15) is 10.8 Å². The second kappa shape index (κ2) is 5.50. The van der Waals surface area contributed by atoms with Gasteiger partial charge in [0.15, 0.2) is 11.5 Å². The fourth-order valence-electron chi connectivity index (χ4n) is 1.69. The second-order valence-corrected chi connectivity index (χ2v) is 4.51. The summed E-state index contributed by atoms with van der Waals surface area (Å²) in [6, 6.07) is 3.31. The third kappa shape index (κ3) is 2.39. The number of benzene rings is 1. The van der Waals surface area contributed by atoms with E-state index in [1.807, 2.05) is 0 Å². The first kappa shape index (κ1) is 13.7. The van der Waals surface area contributed by atoms with Crippen molar-refractivity contribution in [2.24, 2.45) is 12.2 Å². The Morgan fingerprint density at radius 2 is 2.11 bits per heavy atom. The molecule has 0 amide bonds. The molecule has 1 aromatic carbocycles. The maximum Gasteiger partial charge on any atom is 0.162 e. The molecule has 100 valence electrons. The molecular formula is C12H11Cl2N3O2. The monoisotopic (exact) mass is 299 g/mol. The third-order valence-corrected chi connectivity index (χ3v) is 3.52. The maximum atomic E-state index is 9.22. The van der Waals surface area contributed by atoms with Crippen LogP contribution in [0.2, 0.25) is 10.0 Å². The van der Waals surface area contributed by atoms with Crippen molar-refractivity contribution in [3.63, 3.8) is 0 Å². The van der Waals surface area contributed by atoms with Gasteiger partial charge >= 0.3 is 0 Å². The lowest BCUT2D eigenvalue weighted by Gasteiger charge is -2.10. The number of aryl methyl sites for hydroxylation is 1. The van der Waals surface area contributed by atoms with E-state index in [1.54, 1.807) is 36.1 Å². The molecule has 0 aliphatic carbocycles. The molecule has 0 radical (unpaired) electrons. The molecule has 1 aromatic heterocycles. The summed E-state index contributed by atoms with van der Waals surface area (Å²) in [7, 11) is 3.28. The fourth-order valence-corrected chi connectivity index (χ4v) is 2.17. The molecule has 0 aliphatic heterocycles. The van der Waals surface area contributed by atoms with E-state index in [4.69, 9.17) is 27.9 Å². The highest BCUT2D eigenvalue weighted by Crippen LogP contribution is 2.35. The zero-order chi connectivity index (χ0) is 14.0. The Balaban J connectivity index is 2.58. The van der Waals surface area contributed by atoms with Gasteiger partial charge in [-0.2, -0.15) is 0 Å². The number of imidazole rings is 1. The van der Waals surface area contributed by atoms with E-state index in [0.717, 1.165) is 0 Å². The van der Waals surface area contributed by atoms with Gasteiger partial charge in [0.25, 0.3) is 0 Å². The van der Waals surface area contributed by atoms with Crippen LogP contribution in [0, 0.1) is 0 Å². The molecule has 19 heavy (non-hydrogen) atoms. The van der Waals surface area contributed by atoms with Crippen molar-refractivity contribution >= 4 is 28.9 Å². The molecule has 2 rings (SSSR count). The number of ether oxygens (including phenoxy) is 1. The average Bonchev–Trinajstić information content (AvgIpc) is 2.82. The average molecular weight is 300 g/mol. The number of aromatic nitrogens is 2. The van der Waals surface area contributed by atoms with Crippen molar-refractivity contribution in [1.29, 1.82) is 0 Å². The van der Waals surface area contributed by atoms with Crippen molar-refractivity contribution in [1.82, 2.24) is 9.55 Å². The van der Waals surface area contributed by atoms with E-state index >= 15 is 0 Å². The molecule has 5 nitrogen and oxygen atoms in total. The molecule has 0 unspecified atom stereocenters. The van der Waals surface area contributed by atoms with Crippen LogP contribution in [0.3, 0.4) is 0 Å². The predicted octanol–water partition coefficient (Wildman–Crippen LogP) is 2.96. The highest BCUT2D eigenvalue weighted by Gasteiger charge is 2.19. The molecule has 0 spiro atoms. The molecule has 0 bridgehead atoms. The van der Waals surface area contributed by atoms with E-state index in [-0.39, 0.29) is 15.8 Å². The Hall–Kier alpha value is -1.72. The lowest BCUT2D eigenvalue weighted by atomic mass is 10.1. The summed E-state index contributed by atoms with van der Waals surface area (Å²) in [6.07, 6.45) is 3.33. The molecule has 0 saturated heterocycles. The quantitative estimate of drug-likeness (QED) is 0.538. The van der Waals surface area contributed by atoms with Crippen LogP contribution in [0.4, 0.5) is 0 Å². The first-order valence-electron chi connectivity index (χ1n) is 5.32. The zero-order valence-electron chi connectivity index (χ0n) is 10.3. The van der Waals surface area contributed by atoms with E-state index in [1.165, 1.54) is 7.11 Å². The van der Waals surface area contributed by atoms with Gasteiger partial charge in [-0.15, -0.1) is 0 Å². The molecule has 0 fully saturated rings. The van der Waals surface area contributed by atoms with Gasteiger partial charge in [-0.05, 0) is 12.1 Å². The first-order chi connectivity index (χ1) is 9.10. The van der Waals surface area contributed by atoms with Gasteiger partial charge < -0.3 is 14.5 Å². The highest BCUT2D eigenvalue weighted by molar-refractivity contribution is 6.45. The SMILES string of the molecule is COc1ccc(/C(=N/O)c2nccn2C)c(Cl)c1Cl. The largest absolute Gasteiger partial charge is 0.495 e. The molecule has 2 aromatic rings. The molecule has 0 atom stereocenters. The Labute approximate surface area is 120 Å². The fraction of sp³-hybridized carbons (Fsp3) is 0.167. The predicted molar refractivity (Wildman–Crippen MR) is 73.6 cm³/mol. The van der Waals surface area contributed by atoms with Crippen molar-refractivity contribution in [2.45, 2.75) is 0 Å². The topological polar surface area (TPSA) is 59.6 Å². The highest BCUT2D eigenvalue weighted by atomic mass is 35.5. The van der Waals surface area contributed by atoms with Crippen LogP contribution in [0.25, 0.3) is 0 Å². The maximum absolute atomic E-state index is 9.22. The van der Waals surface area contributed by atoms with E-state index in [2.05, 4.69) is 10.1 Å². The zero-order valence-corrected chi connectivity index (χ0v) is 11.8. The Morgan fingerprint density at radius 3 is 2.63 bits per heavy atom.